The van der Waals surface area contributed by atoms with Gasteiger partial charge in [-0.05, 0) is 11.8 Å². The number of ether oxygens (including phenoxy) is 1. The highest BCUT2D eigenvalue weighted by atomic mass is 16.5. The Bertz CT molecular complexity index is 265. The van der Waals surface area contributed by atoms with Crippen LogP contribution in [0.5, 0.6) is 0 Å². The largest absolute Gasteiger partial charge is 0.379 e. The summed E-state index contributed by atoms with van der Waals surface area (Å²) in [5, 5.41) is 0. The first kappa shape index (κ1) is 10.9. The number of nitrogens with two attached hydrogens (primary N) is 1. The highest BCUT2D eigenvalue weighted by Crippen LogP contribution is 2.30. The standard InChI is InChI=1S/C11H20N2O2/c1-11(2)3-4-13(7-11)10(14)8-5-15-6-9(8)12/h8-9H,3-7,12H2,1-2H3. The van der Waals surface area contributed by atoms with Gasteiger partial charge < -0.3 is 15.4 Å². The molecule has 2 N–H and O–H groups in total. The van der Waals surface area contributed by atoms with Gasteiger partial charge in [0.25, 0.3) is 0 Å². The van der Waals surface area contributed by atoms with Crippen LogP contribution in [0.15, 0.2) is 0 Å². The first-order valence-corrected chi connectivity index (χ1v) is 5.62. The lowest BCUT2D eigenvalue weighted by Gasteiger charge is -2.23. The van der Waals surface area contributed by atoms with Crippen molar-refractivity contribution in [3.05, 3.63) is 0 Å². The molecule has 2 fully saturated rings. The van der Waals surface area contributed by atoms with Crippen LogP contribution in [0, 0.1) is 11.3 Å². The number of nitrogens with zero attached hydrogens (tertiary/aromatic N) is 1. The fourth-order valence-electron chi connectivity index (χ4n) is 2.36. The Morgan fingerprint density at radius 1 is 1.47 bits per heavy atom. The molecule has 2 unspecified atom stereocenters. The van der Waals surface area contributed by atoms with E-state index in [2.05, 4.69) is 13.8 Å². The summed E-state index contributed by atoms with van der Waals surface area (Å²) in [6, 6.07) is -0.110. The van der Waals surface area contributed by atoms with Crippen molar-refractivity contribution in [1.29, 1.82) is 0 Å². The minimum atomic E-state index is -0.112. The molecule has 86 valence electrons. The molecule has 0 aliphatic carbocycles. The SMILES string of the molecule is CC1(C)CCN(C(=O)C2COCC2N)C1. The van der Waals surface area contributed by atoms with Gasteiger partial charge in [0.05, 0.1) is 19.1 Å². The third-order valence-corrected chi connectivity index (χ3v) is 3.43. The van der Waals surface area contributed by atoms with Gasteiger partial charge in [0.15, 0.2) is 0 Å². The third kappa shape index (κ3) is 2.16. The van der Waals surface area contributed by atoms with E-state index in [0.717, 1.165) is 19.5 Å². The second kappa shape index (κ2) is 3.76. The number of carbonyl (C=O) groups excluding carboxylic acids is 1. The van der Waals surface area contributed by atoms with E-state index in [1.54, 1.807) is 0 Å². The van der Waals surface area contributed by atoms with E-state index < -0.39 is 0 Å². The van der Waals surface area contributed by atoms with Gasteiger partial charge in [-0.15, -0.1) is 0 Å². The van der Waals surface area contributed by atoms with E-state index in [-0.39, 0.29) is 23.3 Å². The van der Waals surface area contributed by atoms with Crippen LogP contribution in [-0.2, 0) is 9.53 Å². The van der Waals surface area contributed by atoms with Gasteiger partial charge in [-0.1, -0.05) is 13.8 Å². The number of rotatable bonds is 1. The maximum atomic E-state index is 12.1. The van der Waals surface area contributed by atoms with E-state index in [0.29, 0.717) is 13.2 Å². The molecule has 15 heavy (non-hydrogen) atoms. The Balaban J connectivity index is 1.97. The molecule has 0 aromatic heterocycles. The van der Waals surface area contributed by atoms with Crippen LogP contribution in [0.3, 0.4) is 0 Å². The monoisotopic (exact) mass is 212 g/mol. The van der Waals surface area contributed by atoms with E-state index in [1.807, 2.05) is 4.90 Å². The van der Waals surface area contributed by atoms with Crippen molar-refractivity contribution in [3.8, 4) is 0 Å². The van der Waals surface area contributed by atoms with E-state index in [9.17, 15) is 4.79 Å². The van der Waals surface area contributed by atoms with Crippen LogP contribution in [-0.4, -0.2) is 43.2 Å². The first-order chi connectivity index (χ1) is 6.99. The third-order valence-electron chi connectivity index (χ3n) is 3.43. The Morgan fingerprint density at radius 3 is 2.67 bits per heavy atom. The topological polar surface area (TPSA) is 55.6 Å². The van der Waals surface area contributed by atoms with E-state index in [1.165, 1.54) is 0 Å². The van der Waals surface area contributed by atoms with Crippen LogP contribution in [0.4, 0.5) is 0 Å². The van der Waals surface area contributed by atoms with Crippen molar-refractivity contribution in [2.24, 2.45) is 17.1 Å². The average molecular weight is 212 g/mol. The van der Waals surface area contributed by atoms with Crippen molar-refractivity contribution in [2.45, 2.75) is 26.3 Å². The molecular weight excluding hydrogens is 192 g/mol. The smallest absolute Gasteiger partial charge is 0.229 e. The predicted molar refractivity (Wildman–Crippen MR) is 57.3 cm³/mol. The molecule has 0 aromatic rings. The van der Waals surface area contributed by atoms with Gasteiger partial charge in [0.1, 0.15) is 0 Å². The molecule has 4 nitrogen and oxygen atoms in total. The van der Waals surface area contributed by atoms with Crippen molar-refractivity contribution < 1.29 is 9.53 Å². The minimum absolute atomic E-state index is 0.110. The Hall–Kier alpha value is -0.610. The summed E-state index contributed by atoms with van der Waals surface area (Å²) < 4.78 is 5.23. The normalized spacial score (nSPS) is 34.7. The molecule has 0 aromatic carbocycles. The molecule has 2 aliphatic rings. The molecule has 2 rings (SSSR count). The predicted octanol–water partition coefficient (Wildman–Crippen LogP) is 0.219. The van der Waals surface area contributed by atoms with Gasteiger partial charge in [0, 0.05) is 19.1 Å². The molecule has 0 saturated carbocycles. The lowest BCUT2D eigenvalue weighted by molar-refractivity contribution is -0.135. The maximum Gasteiger partial charge on any atom is 0.229 e. The summed E-state index contributed by atoms with van der Waals surface area (Å²) in [7, 11) is 0. The molecule has 0 spiro atoms. The van der Waals surface area contributed by atoms with Crippen molar-refractivity contribution in [3.63, 3.8) is 0 Å². The van der Waals surface area contributed by atoms with Crippen LogP contribution in [0.25, 0.3) is 0 Å². The summed E-state index contributed by atoms with van der Waals surface area (Å²) in [5.41, 5.74) is 6.11. The number of hydrogen-bond acceptors (Lipinski definition) is 3. The van der Waals surface area contributed by atoms with Crippen molar-refractivity contribution in [2.75, 3.05) is 26.3 Å². The molecule has 0 bridgehead atoms. The van der Waals surface area contributed by atoms with Crippen molar-refractivity contribution in [1.82, 2.24) is 4.90 Å². The summed E-state index contributed by atoms with van der Waals surface area (Å²) in [6.07, 6.45) is 1.08. The van der Waals surface area contributed by atoms with Gasteiger partial charge in [0.2, 0.25) is 5.91 Å². The summed E-state index contributed by atoms with van der Waals surface area (Å²) in [4.78, 5) is 14.1. The molecule has 2 atom stereocenters. The molecule has 4 heteroatoms. The first-order valence-electron chi connectivity index (χ1n) is 5.62. The quantitative estimate of drug-likeness (QED) is 0.676. The summed E-state index contributed by atoms with van der Waals surface area (Å²) in [5.74, 6) is 0.0736. The van der Waals surface area contributed by atoms with Gasteiger partial charge >= 0.3 is 0 Å². The summed E-state index contributed by atoms with van der Waals surface area (Å²) >= 11 is 0. The number of hydrogen-bond donors (Lipinski definition) is 1. The Labute approximate surface area is 90.8 Å². The second-order valence-corrected chi connectivity index (χ2v) is 5.48. The zero-order chi connectivity index (χ0) is 11.1. The molecule has 1 amide bonds. The molecule has 2 saturated heterocycles. The Morgan fingerprint density at radius 2 is 2.20 bits per heavy atom. The Kier molecular flexibility index (Phi) is 2.73. The zero-order valence-corrected chi connectivity index (χ0v) is 9.53. The minimum Gasteiger partial charge on any atom is -0.379 e. The summed E-state index contributed by atoms with van der Waals surface area (Å²) in [6.45, 7) is 7.14. The maximum absolute atomic E-state index is 12.1. The lowest BCUT2D eigenvalue weighted by Crippen LogP contribution is -2.43. The van der Waals surface area contributed by atoms with E-state index >= 15 is 0 Å². The van der Waals surface area contributed by atoms with Gasteiger partial charge in [-0.3, -0.25) is 4.79 Å². The number of carbonyl (C=O) groups is 1. The molecule has 2 aliphatic heterocycles. The van der Waals surface area contributed by atoms with Crippen LogP contribution < -0.4 is 5.73 Å². The van der Waals surface area contributed by atoms with Gasteiger partial charge in [-0.25, -0.2) is 0 Å². The highest BCUT2D eigenvalue weighted by Gasteiger charge is 2.39. The molecule has 0 radical (unpaired) electrons. The van der Waals surface area contributed by atoms with Gasteiger partial charge in [-0.2, -0.15) is 0 Å². The zero-order valence-electron chi connectivity index (χ0n) is 9.53. The number of amides is 1. The van der Waals surface area contributed by atoms with Crippen molar-refractivity contribution >= 4 is 5.91 Å². The highest BCUT2D eigenvalue weighted by molar-refractivity contribution is 5.80. The number of likely N-dealkylation sites (tertiary alicyclic amines) is 1. The fraction of sp³-hybridized carbons (Fsp3) is 0.909. The lowest BCUT2D eigenvalue weighted by atomic mass is 9.93. The molecular formula is C11H20N2O2. The van der Waals surface area contributed by atoms with Crippen LogP contribution in [0.1, 0.15) is 20.3 Å². The average Bonchev–Trinajstić information content (AvgIpc) is 2.71. The van der Waals surface area contributed by atoms with Crippen LogP contribution >= 0.6 is 0 Å². The van der Waals surface area contributed by atoms with Crippen LogP contribution in [0.2, 0.25) is 0 Å². The van der Waals surface area contributed by atoms with E-state index in [4.69, 9.17) is 10.5 Å². The molecule has 2 heterocycles. The second-order valence-electron chi connectivity index (χ2n) is 5.48. The fourth-order valence-corrected chi connectivity index (χ4v) is 2.36.